The van der Waals surface area contributed by atoms with E-state index in [1.54, 1.807) is 12.5 Å². The molecule has 1 atom stereocenters. The van der Waals surface area contributed by atoms with Crippen molar-refractivity contribution in [1.82, 2.24) is 0 Å². The van der Waals surface area contributed by atoms with Gasteiger partial charge in [0.25, 0.3) is 0 Å². The molecule has 0 radical (unpaired) electrons. The Balaban J connectivity index is 2.29. The lowest BCUT2D eigenvalue weighted by Crippen LogP contribution is -2.15. The van der Waals surface area contributed by atoms with Crippen LogP contribution in [-0.4, -0.2) is 5.90 Å². The van der Waals surface area contributed by atoms with Gasteiger partial charge in [0.2, 0.25) is 5.90 Å². The second-order valence-electron chi connectivity index (χ2n) is 2.53. The maximum Gasteiger partial charge on any atom is 0.200 e. The highest BCUT2D eigenvalue weighted by molar-refractivity contribution is 5.83. The number of hydrogen-bond acceptors (Lipinski definition) is 2. The third-order valence-electron chi connectivity index (χ3n) is 1.73. The topological polar surface area (TPSA) is 21.6 Å². The fourth-order valence-electron chi connectivity index (χ4n) is 1.16. The molecule has 0 N–H and O–H groups in total. The van der Waals surface area contributed by atoms with Crippen LogP contribution in [0.2, 0.25) is 0 Å². The smallest absolute Gasteiger partial charge is 0.200 e. The third-order valence-corrected chi connectivity index (χ3v) is 1.73. The molecule has 0 aromatic rings. The fourth-order valence-corrected chi connectivity index (χ4v) is 1.16. The van der Waals surface area contributed by atoms with Crippen LogP contribution in [0.5, 0.6) is 0 Å². The van der Waals surface area contributed by atoms with Crippen molar-refractivity contribution in [3.63, 3.8) is 0 Å². The Morgan fingerprint density at radius 3 is 3.45 bits per heavy atom. The van der Waals surface area contributed by atoms with Gasteiger partial charge < -0.3 is 4.74 Å². The summed E-state index contributed by atoms with van der Waals surface area (Å²) in [6.45, 7) is 0. The molecular weight excluding hydrogens is 138 g/mol. The van der Waals surface area contributed by atoms with E-state index < -0.39 is 0 Å². The zero-order valence-electron chi connectivity index (χ0n) is 6.10. The zero-order valence-corrected chi connectivity index (χ0v) is 6.10. The minimum atomic E-state index is 0.343. The standard InChI is InChI=1S/C9H9NO/c1-2-6-10-9-8(4-1)5-3-7-11-9/h1-4,6-8H,5H2. The van der Waals surface area contributed by atoms with Crippen molar-refractivity contribution >= 4 is 5.90 Å². The summed E-state index contributed by atoms with van der Waals surface area (Å²) in [5, 5.41) is 0. The molecule has 0 saturated heterocycles. The second-order valence-corrected chi connectivity index (χ2v) is 2.53. The Morgan fingerprint density at radius 2 is 2.45 bits per heavy atom. The van der Waals surface area contributed by atoms with Gasteiger partial charge in [-0.05, 0) is 18.6 Å². The van der Waals surface area contributed by atoms with E-state index in [0.29, 0.717) is 5.92 Å². The molecule has 56 valence electrons. The lowest BCUT2D eigenvalue weighted by molar-refractivity contribution is 0.419. The van der Waals surface area contributed by atoms with E-state index in [2.05, 4.69) is 11.1 Å². The molecule has 0 aliphatic carbocycles. The first-order chi connectivity index (χ1) is 5.47. The Kier molecular flexibility index (Phi) is 1.60. The predicted octanol–water partition coefficient (Wildman–Crippen LogP) is 2.02. The SMILES string of the molecule is C1=CN=C2OC=CCC2C=C1. The maximum atomic E-state index is 5.23. The molecule has 2 aliphatic rings. The van der Waals surface area contributed by atoms with Gasteiger partial charge >= 0.3 is 0 Å². The third kappa shape index (κ3) is 1.24. The van der Waals surface area contributed by atoms with Crippen molar-refractivity contribution in [2.45, 2.75) is 6.42 Å². The Hall–Kier alpha value is -1.31. The van der Waals surface area contributed by atoms with Gasteiger partial charge in [-0.2, -0.15) is 0 Å². The fraction of sp³-hybridized carbons (Fsp3) is 0.222. The van der Waals surface area contributed by atoms with Crippen LogP contribution < -0.4 is 0 Å². The zero-order chi connectivity index (χ0) is 7.52. The van der Waals surface area contributed by atoms with Crippen LogP contribution >= 0.6 is 0 Å². The molecule has 2 heteroatoms. The van der Waals surface area contributed by atoms with Crippen LogP contribution in [0.25, 0.3) is 0 Å². The quantitative estimate of drug-likeness (QED) is 0.513. The number of nitrogens with zero attached hydrogens (tertiary/aromatic N) is 1. The van der Waals surface area contributed by atoms with Crippen LogP contribution in [0.15, 0.2) is 41.8 Å². The highest BCUT2D eigenvalue weighted by Gasteiger charge is 2.15. The van der Waals surface area contributed by atoms with Crippen LogP contribution in [0.3, 0.4) is 0 Å². The van der Waals surface area contributed by atoms with Gasteiger partial charge in [-0.25, -0.2) is 4.99 Å². The van der Waals surface area contributed by atoms with E-state index >= 15 is 0 Å². The van der Waals surface area contributed by atoms with Crippen molar-refractivity contribution in [3.8, 4) is 0 Å². The lowest BCUT2D eigenvalue weighted by Gasteiger charge is -2.15. The Labute approximate surface area is 65.6 Å². The number of ether oxygens (including phenoxy) is 1. The molecule has 11 heavy (non-hydrogen) atoms. The van der Waals surface area contributed by atoms with Gasteiger partial charge in [0.15, 0.2) is 0 Å². The molecule has 0 amide bonds. The molecule has 2 heterocycles. The largest absolute Gasteiger partial charge is 0.450 e. The van der Waals surface area contributed by atoms with Crippen LogP contribution in [0, 0.1) is 5.92 Å². The number of hydrogen-bond donors (Lipinski definition) is 0. The first-order valence-corrected chi connectivity index (χ1v) is 3.69. The molecule has 0 aromatic heterocycles. The summed E-state index contributed by atoms with van der Waals surface area (Å²) in [5.41, 5.74) is 0. The minimum Gasteiger partial charge on any atom is -0.450 e. The van der Waals surface area contributed by atoms with Crippen molar-refractivity contribution in [1.29, 1.82) is 0 Å². The monoisotopic (exact) mass is 147 g/mol. The van der Waals surface area contributed by atoms with Crippen LogP contribution in [0.4, 0.5) is 0 Å². The van der Waals surface area contributed by atoms with E-state index in [4.69, 9.17) is 4.74 Å². The maximum absolute atomic E-state index is 5.23. The summed E-state index contributed by atoms with van der Waals surface area (Å²) in [6, 6.07) is 0. The summed E-state index contributed by atoms with van der Waals surface area (Å²) >= 11 is 0. The van der Waals surface area contributed by atoms with Gasteiger partial charge in [-0.1, -0.05) is 12.2 Å². The van der Waals surface area contributed by atoms with Crippen LogP contribution in [-0.2, 0) is 4.74 Å². The molecule has 0 saturated carbocycles. The van der Waals surface area contributed by atoms with Gasteiger partial charge in [0, 0.05) is 6.20 Å². The highest BCUT2D eigenvalue weighted by atomic mass is 16.5. The lowest BCUT2D eigenvalue weighted by atomic mass is 10.0. The molecule has 0 aromatic carbocycles. The van der Waals surface area contributed by atoms with Gasteiger partial charge in [0.1, 0.15) is 0 Å². The molecule has 0 fully saturated rings. The van der Waals surface area contributed by atoms with Crippen molar-refractivity contribution in [2.24, 2.45) is 10.9 Å². The highest BCUT2D eigenvalue weighted by Crippen LogP contribution is 2.17. The number of aliphatic imine (C=N–C) groups is 1. The second kappa shape index (κ2) is 2.74. The number of rotatable bonds is 0. The Bertz CT molecular complexity index is 261. The average Bonchev–Trinajstić information content (AvgIpc) is 2.28. The Morgan fingerprint density at radius 1 is 1.45 bits per heavy atom. The molecule has 2 aliphatic heterocycles. The predicted molar refractivity (Wildman–Crippen MR) is 44.0 cm³/mol. The summed E-state index contributed by atoms with van der Waals surface area (Å²) in [4.78, 5) is 4.15. The summed E-state index contributed by atoms with van der Waals surface area (Å²) in [5.74, 6) is 1.15. The van der Waals surface area contributed by atoms with Crippen LogP contribution in [0.1, 0.15) is 6.42 Å². The molecule has 0 spiro atoms. The van der Waals surface area contributed by atoms with Gasteiger partial charge in [0.05, 0.1) is 12.2 Å². The molecule has 0 bridgehead atoms. The normalized spacial score (nSPS) is 26.9. The first-order valence-electron chi connectivity index (χ1n) is 3.69. The van der Waals surface area contributed by atoms with E-state index in [1.165, 1.54) is 0 Å². The summed E-state index contributed by atoms with van der Waals surface area (Å²) in [7, 11) is 0. The number of allylic oxidation sites excluding steroid dienone is 3. The molecule has 2 rings (SSSR count). The minimum absolute atomic E-state index is 0.343. The van der Waals surface area contributed by atoms with E-state index in [1.807, 2.05) is 18.2 Å². The summed E-state index contributed by atoms with van der Waals surface area (Å²) < 4.78 is 5.23. The van der Waals surface area contributed by atoms with Gasteiger partial charge in [-0.15, -0.1) is 0 Å². The summed E-state index contributed by atoms with van der Waals surface area (Å²) in [6.07, 6.45) is 12.5. The number of fused-ring (bicyclic) bond motifs is 1. The van der Waals surface area contributed by atoms with Gasteiger partial charge in [-0.3, -0.25) is 0 Å². The van der Waals surface area contributed by atoms with E-state index in [9.17, 15) is 0 Å². The molecule has 2 nitrogen and oxygen atoms in total. The first kappa shape index (κ1) is 6.40. The molecule has 1 unspecified atom stereocenters. The van der Waals surface area contributed by atoms with Crippen molar-refractivity contribution in [2.75, 3.05) is 0 Å². The molecular formula is C9H9NO. The van der Waals surface area contributed by atoms with Crippen molar-refractivity contribution in [3.05, 3.63) is 36.8 Å². The van der Waals surface area contributed by atoms with Crippen molar-refractivity contribution < 1.29 is 4.74 Å². The van der Waals surface area contributed by atoms with E-state index in [0.717, 1.165) is 12.3 Å². The van der Waals surface area contributed by atoms with E-state index in [-0.39, 0.29) is 0 Å². The average molecular weight is 147 g/mol.